The van der Waals surface area contributed by atoms with Crippen molar-refractivity contribution in [3.63, 3.8) is 0 Å². The van der Waals surface area contributed by atoms with Gasteiger partial charge in [0, 0.05) is 43.8 Å². The minimum Gasteiger partial charge on any atom is -0.493 e. The Kier molecular flexibility index (Phi) is 6.39. The molecule has 0 fully saturated rings. The minimum atomic E-state index is -0.526. The number of nitrogens with zero attached hydrogens (tertiary/aromatic N) is 4. The maximum absolute atomic E-state index is 13.5. The molecule has 182 valence electrons. The van der Waals surface area contributed by atoms with Crippen LogP contribution < -0.4 is 5.32 Å². The molecule has 2 aliphatic rings. The van der Waals surface area contributed by atoms with Crippen molar-refractivity contribution in [1.82, 2.24) is 19.4 Å². The molecule has 5 heterocycles. The Morgan fingerprint density at radius 2 is 2.11 bits per heavy atom. The highest BCUT2D eigenvalue weighted by Crippen LogP contribution is 2.30. The van der Waals surface area contributed by atoms with Crippen molar-refractivity contribution in [2.75, 3.05) is 25.5 Å². The van der Waals surface area contributed by atoms with Crippen molar-refractivity contribution in [3.05, 3.63) is 70.8 Å². The molecule has 2 N–H and O–H groups in total. The summed E-state index contributed by atoms with van der Waals surface area (Å²) in [5, 5.41) is 12.9. The molecule has 1 amide bonds. The number of carbonyl (C=O) groups excluding carboxylic acids is 2. The Bertz CT molecular complexity index is 1240. The molecule has 0 unspecified atom stereocenters. The summed E-state index contributed by atoms with van der Waals surface area (Å²) < 4.78 is 6.86. The second-order valence-electron chi connectivity index (χ2n) is 9.01. The van der Waals surface area contributed by atoms with Gasteiger partial charge in [0.05, 0.1) is 19.6 Å². The summed E-state index contributed by atoms with van der Waals surface area (Å²) in [6, 6.07) is 8.81. The van der Waals surface area contributed by atoms with Gasteiger partial charge in [0.15, 0.2) is 0 Å². The summed E-state index contributed by atoms with van der Waals surface area (Å²) in [4.78, 5) is 36.0. The molecule has 9 heteroatoms. The van der Waals surface area contributed by atoms with Gasteiger partial charge >= 0.3 is 5.97 Å². The van der Waals surface area contributed by atoms with Gasteiger partial charge < -0.3 is 24.6 Å². The van der Waals surface area contributed by atoms with Gasteiger partial charge in [-0.2, -0.15) is 0 Å². The number of carbonyl (C=O) groups is 2. The van der Waals surface area contributed by atoms with Gasteiger partial charge in [-0.1, -0.05) is 12.1 Å². The van der Waals surface area contributed by atoms with Crippen LogP contribution in [0.5, 0.6) is 5.88 Å². The molecule has 0 saturated carbocycles. The molecule has 3 aromatic heterocycles. The third kappa shape index (κ3) is 4.84. The van der Waals surface area contributed by atoms with Gasteiger partial charge in [0.1, 0.15) is 11.5 Å². The smallest absolute Gasteiger partial charge is 0.307 e. The van der Waals surface area contributed by atoms with Gasteiger partial charge in [0.25, 0.3) is 5.91 Å². The molecule has 0 radical (unpaired) electrons. The van der Waals surface area contributed by atoms with Gasteiger partial charge in [-0.15, -0.1) is 0 Å². The summed E-state index contributed by atoms with van der Waals surface area (Å²) in [7, 11) is 1.33. The lowest BCUT2D eigenvalue weighted by Crippen LogP contribution is -2.43. The van der Waals surface area contributed by atoms with Gasteiger partial charge in [-0.3, -0.25) is 9.59 Å². The molecule has 0 bridgehead atoms. The summed E-state index contributed by atoms with van der Waals surface area (Å²) in [6.07, 6.45) is 7.33. The second-order valence-corrected chi connectivity index (χ2v) is 9.01. The molecule has 9 nitrogen and oxygen atoms in total. The van der Waals surface area contributed by atoms with Crippen LogP contribution in [0.15, 0.2) is 42.7 Å². The first kappa shape index (κ1) is 22.9. The number of hydrogen-bond acceptors (Lipinski definition) is 7. The zero-order valence-corrected chi connectivity index (χ0v) is 19.7. The Hall–Kier alpha value is -3.88. The third-order valence-electron chi connectivity index (χ3n) is 6.76. The molecule has 3 aromatic rings. The van der Waals surface area contributed by atoms with E-state index in [1.54, 1.807) is 11.0 Å². The van der Waals surface area contributed by atoms with E-state index in [-0.39, 0.29) is 18.2 Å². The van der Waals surface area contributed by atoms with Crippen LogP contribution in [0.25, 0.3) is 0 Å². The molecule has 0 spiro atoms. The lowest BCUT2D eigenvalue weighted by molar-refractivity contribution is -0.141. The first-order valence-corrected chi connectivity index (χ1v) is 12.0. The van der Waals surface area contributed by atoms with E-state index in [2.05, 4.69) is 22.4 Å². The fourth-order valence-electron chi connectivity index (χ4n) is 4.86. The number of aromatic hydroxyl groups is 1. The van der Waals surface area contributed by atoms with Crippen LogP contribution in [-0.4, -0.2) is 56.6 Å². The summed E-state index contributed by atoms with van der Waals surface area (Å²) in [5.74, 6) is 0.333. The quantitative estimate of drug-likeness (QED) is 0.506. The maximum Gasteiger partial charge on any atom is 0.307 e. The number of aryl methyl sites for hydroxylation is 3. The van der Waals surface area contributed by atoms with E-state index in [4.69, 9.17) is 9.72 Å². The zero-order chi connectivity index (χ0) is 24.4. The first-order chi connectivity index (χ1) is 17.0. The molecule has 2 aliphatic heterocycles. The SMILES string of the molecule is COC(=O)C[C@@H](c1ccc(O)nc1)N1CCn2cc(CCc3ccc4c(n3)NCCC4)cc2C1=O. The van der Waals surface area contributed by atoms with Crippen LogP contribution >= 0.6 is 0 Å². The van der Waals surface area contributed by atoms with Crippen LogP contribution in [0, 0.1) is 0 Å². The van der Waals surface area contributed by atoms with Crippen LogP contribution in [-0.2, 0) is 35.3 Å². The number of hydrogen-bond donors (Lipinski definition) is 2. The number of nitrogens with one attached hydrogen (secondary N) is 1. The van der Waals surface area contributed by atoms with Crippen LogP contribution in [0.3, 0.4) is 0 Å². The normalized spacial score (nSPS) is 15.7. The van der Waals surface area contributed by atoms with Crippen molar-refractivity contribution >= 4 is 17.7 Å². The predicted octanol–water partition coefficient (Wildman–Crippen LogP) is 2.89. The number of esters is 1. The number of amides is 1. The monoisotopic (exact) mass is 475 g/mol. The lowest BCUT2D eigenvalue weighted by atomic mass is 10.0. The molecule has 5 rings (SSSR count). The summed E-state index contributed by atoms with van der Waals surface area (Å²) >= 11 is 0. The van der Waals surface area contributed by atoms with Crippen LogP contribution in [0.4, 0.5) is 5.82 Å². The number of methoxy groups -OCH3 is 1. The highest BCUT2D eigenvalue weighted by atomic mass is 16.5. The lowest BCUT2D eigenvalue weighted by Gasteiger charge is -2.35. The van der Waals surface area contributed by atoms with E-state index >= 15 is 0 Å². The Balaban J connectivity index is 1.32. The Labute approximate surface area is 203 Å². The number of rotatable bonds is 7. The second kappa shape index (κ2) is 9.77. The fraction of sp³-hybridized carbons (Fsp3) is 0.385. The average molecular weight is 476 g/mol. The van der Waals surface area contributed by atoms with Gasteiger partial charge in [-0.25, -0.2) is 9.97 Å². The van der Waals surface area contributed by atoms with Crippen molar-refractivity contribution < 1.29 is 19.4 Å². The molecule has 0 aliphatic carbocycles. The van der Waals surface area contributed by atoms with Crippen molar-refractivity contribution in [2.45, 2.75) is 44.7 Å². The highest BCUT2D eigenvalue weighted by molar-refractivity contribution is 5.94. The first-order valence-electron chi connectivity index (χ1n) is 12.0. The standard InChI is InChI=1S/C26H29N5O4/c1-35-24(33)14-21(19-6-9-23(32)28-15-19)31-12-11-30-16-17(13-22(30)26(31)34)4-7-20-8-5-18-3-2-10-27-25(18)29-20/h5-6,8-9,13,15-16,21H,2-4,7,10-12,14H2,1H3,(H,27,29)(H,28,32)/t21-/m0/s1. The number of ether oxygens (including phenoxy) is 1. The molecule has 1 atom stereocenters. The predicted molar refractivity (Wildman–Crippen MR) is 129 cm³/mol. The molecule has 0 aromatic carbocycles. The number of anilines is 1. The molecular formula is C26H29N5O4. The fourth-order valence-corrected chi connectivity index (χ4v) is 4.86. The Morgan fingerprint density at radius 3 is 2.91 bits per heavy atom. The van der Waals surface area contributed by atoms with Gasteiger partial charge in [-0.05, 0) is 54.5 Å². The van der Waals surface area contributed by atoms with E-state index in [0.29, 0.717) is 24.3 Å². The summed E-state index contributed by atoms with van der Waals surface area (Å²) in [5.41, 5.74) is 4.67. The van der Waals surface area contributed by atoms with Crippen molar-refractivity contribution in [1.29, 1.82) is 0 Å². The summed E-state index contributed by atoms with van der Waals surface area (Å²) in [6.45, 7) is 2.05. The largest absolute Gasteiger partial charge is 0.493 e. The topological polar surface area (TPSA) is 110 Å². The highest BCUT2D eigenvalue weighted by Gasteiger charge is 2.33. The molecular weight excluding hydrogens is 446 g/mol. The number of pyridine rings is 2. The van der Waals surface area contributed by atoms with Crippen molar-refractivity contribution in [2.24, 2.45) is 0 Å². The van der Waals surface area contributed by atoms with Crippen LogP contribution in [0.2, 0.25) is 0 Å². The molecule has 0 saturated heterocycles. The minimum absolute atomic E-state index is 0.0142. The number of fused-ring (bicyclic) bond motifs is 2. The van der Waals surface area contributed by atoms with Gasteiger partial charge in [0.2, 0.25) is 5.88 Å². The van der Waals surface area contributed by atoms with E-state index in [0.717, 1.165) is 49.3 Å². The molecule has 35 heavy (non-hydrogen) atoms. The number of aromatic nitrogens is 3. The zero-order valence-electron chi connectivity index (χ0n) is 19.7. The van der Waals surface area contributed by atoms with E-state index in [9.17, 15) is 14.7 Å². The average Bonchev–Trinajstić information content (AvgIpc) is 3.31. The van der Waals surface area contributed by atoms with E-state index in [1.165, 1.54) is 24.9 Å². The third-order valence-corrected chi connectivity index (χ3v) is 6.76. The van der Waals surface area contributed by atoms with Crippen molar-refractivity contribution in [3.8, 4) is 5.88 Å². The van der Waals surface area contributed by atoms with E-state index < -0.39 is 12.0 Å². The van der Waals surface area contributed by atoms with Crippen LogP contribution in [0.1, 0.15) is 51.8 Å². The van der Waals surface area contributed by atoms with E-state index in [1.807, 2.05) is 16.8 Å². The maximum atomic E-state index is 13.5. The Morgan fingerprint density at radius 1 is 1.23 bits per heavy atom.